The highest BCUT2D eigenvalue weighted by Crippen LogP contribution is 2.17. The molecule has 0 unspecified atom stereocenters. The average Bonchev–Trinajstić information content (AvgIpc) is 2.19. The molecule has 1 heterocycles. The normalized spacial score (nSPS) is 11.2. The van der Waals surface area contributed by atoms with Gasteiger partial charge in [0.25, 0.3) is 5.56 Å². The summed E-state index contributed by atoms with van der Waals surface area (Å²) >= 11 is 0. The molecule has 0 atom stereocenters. The first-order valence-electron chi connectivity index (χ1n) is 4.06. The first-order valence-corrected chi connectivity index (χ1v) is 4.06. The number of aromatic hydroxyl groups is 1. The van der Waals surface area contributed by atoms with Crippen molar-refractivity contribution in [1.29, 1.82) is 0 Å². The van der Waals surface area contributed by atoms with Gasteiger partial charge in [0.15, 0.2) is 0 Å². The van der Waals surface area contributed by atoms with Crippen molar-refractivity contribution in [2.45, 2.75) is 0 Å². The maximum Gasteiger partial charge on any atom is 0.338 e. The molecule has 9 heteroatoms. The Morgan fingerprint density at radius 1 is 1.12 bits per heavy atom. The van der Waals surface area contributed by atoms with Crippen LogP contribution in [0.5, 0.6) is 5.75 Å². The van der Waals surface area contributed by atoms with Gasteiger partial charge < -0.3 is 20.3 Å². The molecule has 0 saturated carbocycles. The van der Waals surface area contributed by atoms with E-state index in [1.54, 1.807) is 4.98 Å². The van der Waals surface area contributed by atoms with Crippen molar-refractivity contribution in [2.75, 3.05) is 0 Å². The molecular formula is C8H6N2O7. The van der Waals surface area contributed by atoms with Gasteiger partial charge in [0.2, 0.25) is 5.75 Å². The number of hydrogen-bond donors (Lipinski definition) is 5. The van der Waals surface area contributed by atoms with Crippen molar-refractivity contribution in [3.63, 3.8) is 0 Å². The number of rotatable bonds is 3. The molecule has 0 amide bonds. The zero-order chi connectivity index (χ0) is 13.2. The number of hydrogen-bond acceptors (Lipinski definition) is 5. The van der Waals surface area contributed by atoms with Crippen molar-refractivity contribution in [1.82, 2.24) is 9.97 Å². The highest BCUT2D eigenvalue weighted by atomic mass is 16.4. The Labute approximate surface area is 91.7 Å². The van der Waals surface area contributed by atoms with Crippen molar-refractivity contribution in [3.8, 4) is 5.75 Å². The fourth-order valence-corrected chi connectivity index (χ4v) is 1.04. The molecule has 1 rings (SSSR count). The van der Waals surface area contributed by atoms with Gasteiger partial charge in [-0.05, 0) is 0 Å². The van der Waals surface area contributed by atoms with Crippen LogP contribution >= 0.6 is 0 Å². The van der Waals surface area contributed by atoms with Crippen LogP contribution in [0, 0.1) is 0 Å². The number of aromatic amines is 2. The Morgan fingerprint density at radius 2 is 1.71 bits per heavy atom. The maximum absolute atomic E-state index is 11.0. The topological polar surface area (TPSA) is 161 Å². The number of nitrogens with one attached hydrogen (secondary N) is 2. The zero-order valence-corrected chi connectivity index (χ0v) is 8.05. The van der Waals surface area contributed by atoms with E-state index in [4.69, 9.17) is 10.2 Å². The summed E-state index contributed by atoms with van der Waals surface area (Å²) in [4.78, 5) is 46.4. The fourth-order valence-electron chi connectivity index (χ4n) is 1.04. The Kier molecular flexibility index (Phi) is 3.13. The molecule has 0 aliphatic rings. The molecular weight excluding hydrogens is 236 g/mol. The second-order valence-electron chi connectivity index (χ2n) is 2.83. The van der Waals surface area contributed by atoms with Gasteiger partial charge in [-0.3, -0.25) is 9.78 Å². The summed E-state index contributed by atoms with van der Waals surface area (Å²) in [7, 11) is 0. The molecule has 0 aromatic carbocycles. The predicted molar refractivity (Wildman–Crippen MR) is 52.6 cm³/mol. The third-order valence-electron chi connectivity index (χ3n) is 1.69. The second-order valence-corrected chi connectivity index (χ2v) is 2.83. The minimum atomic E-state index is -1.72. The van der Waals surface area contributed by atoms with Crippen LogP contribution < -0.4 is 11.2 Å². The highest BCUT2D eigenvalue weighted by Gasteiger charge is 2.19. The van der Waals surface area contributed by atoms with Crippen LogP contribution in [-0.4, -0.2) is 37.2 Å². The molecule has 1 aromatic heterocycles. The fraction of sp³-hybridized carbons (Fsp3) is 0. The first kappa shape index (κ1) is 12.2. The van der Waals surface area contributed by atoms with Crippen LogP contribution in [0.15, 0.2) is 15.7 Å². The summed E-state index contributed by atoms with van der Waals surface area (Å²) in [5.74, 6) is -4.41. The van der Waals surface area contributed by atoms with Crippen LogP contribution in [0.3, 0.4) is 0 Å². The maximum atomic E-state index is 11.0. The van der Waals surface area contributed by atoms with E-state index < -0.39 is 40.2 Å². The predicted octanol–water partition coefficient (Wildman–Crippen LogP) is -1.68. The number of carboxylic acid groups (broad SMARTS) is 2. The minimum absolute atomic E-state index is 0.243. The minimum Gasteiger partial charge on any atom is -0.502 e. The Hall–Kier alpha value is -2.84. The smallest absolute Gasteiger partial charge is 0.338 e. The molecule has 90 valence electrons. The molecule has 0 aliphatic carbocycles. The summed E-state index contributed by atoms with van der Waals surface area (Å²) in [6.07, 6.45) is 0.243. The average molecular weight is 242 g/mol. The summed E-state index contributed by atoms with van der Waals surface area (Å²) in [6, 6.07) is 0. The number of carboxylic acids is 2. The van der Waals surface area contributed by atoms with Gasteiger partial charge in [0.05, 0.1) is 5.57 Å². The Balaban J connectivity index is 3.61. The molecule has 0 spiro atoms. The van der Waals surface area contributed by atoms with Gasteiger partial charge in [-0.2, -0.15) is 0 Å². The SMILES string of the molecule is O=C(O)C=C(C(=O)O)c1[nH]c(=O)[nH]c(=O)c1O. The number of aromatic nitrogens is 2. The Morgan fingerprint density at radius 3 is 2.18 bits per heavy atom. The van der Waals surface area contributed by atoms with Gasteiger partial charge in [0.1, 0.15) is 5.69 Å². The molecule has 0 saturated heterocycles. The largest absolute Gasteiger partial charge is 0.502 e. The molecule has 0 fully saturated rings. The summed E-state index contributed by atoms with van der Waals surface area (Å²) in [5.41, 5.74) is -3.98. The van der Waals surface area contributed by atoms with Crippen LogP contribution in [0.1, 0.15) is 5.69 Å². The molecule has 0 radical (unpaired) electrons. The lowest BCUT2D eigenvalue weighted by molar-refractivity contribution is -0.133. The van der Waals surface area contributed by atoms with E-state index >= 15 is 0 Å². The van der Waals surface area contributed by atoms with E-state index in [9.17, 15) is 24.3 Å². The monoisotopic (exact) mass is 242 g/mol. The van der Waals surface area contributed by atoms with Gasteiger partial charge in [-0.15, -0.1) is 0 Å². The Bertz CT molecular complexity index is 621. The van der Waals surface area contributed by atoms with E-state index in [0.717, 1.165) is 0 Å². The number of carbonyl (C=O) groups is 2. The quantitative estimate of drug-likeness (QED) is 0.395. The lowest BCUT2D eigenvalue weighted by Gasteiger charge is -2.02. The van der Waals surface area contributed by atoms with Gasteiger partial charge in [0, 0.05) is 6.08 Å². The van der Waals surface area contributed by atoms with Crippen molar-refractivity contribution >= 4 is 17.5 Å². The molecule has 0 aliphatic heterocycles. The molecule has 17 heavy (non-hydrogen) atoms. The van der Waals surface area contributed by atoms with E-state index in [2.05, 4.69) is 0 Å². The van der Waals surface area contributed by atoms with Crippen LogP contribution in [0.25, 0.3) is 5.57 Å². The number of aliphatic carboxylic acids is 2. The standard InChI is InChI=1S/C8H6N2O7/c11-3(12)1-2(7(15)16)4-5(13)6(14)10-8(17)9-4/h1,13H,(H,11,12)(H,15,16)(H2,9,10,14,17). The van der Waals surface area contributed by atoms with E-state index in [1.165, 1.54) is 0 Å². The zero-order valence-electron chi connectivity index (χ0n) is 8.05. The van der Waals surface area contributed by atoms with E-state index in [0.29, 0.717) is 0 Å². The van der Waals surface area contributed by atoms with E-state index in [-0.39, 0.29) is 6.08 Å². The number of H-pyrrole nitrogens is 2. The molecule has 0 bridgehead atoms. The molecule has 9 nitrogen and oxygen atoms in total. The first-order chi connectivity index (χ1) is 7.82. The van der Waals surface area contributed by atoms with Crippen molar-refractivity contribution in [2.24, 2.45) is 0 Å². The highest BCUT2D eigenvalue weighted by molar-refractivity contribution is 6.19. The van der Waals surface area contributed by atoms with Gasteiger partial charge in [-0.25, -0.2) is 14.4 Å². The second kappa shape index (κ2) is 4.35. The summed E-state index contributed by atoms with van der Waals surface area (Å²) in [5, 5.41) is 26.4. The molecule has 1 aromatic rings. The van der Waals surface area contributed by atoms with Gasteiger partial charge in [-0.1, -0.05) is 0 Å². The van der Waals surface area contributed by atoms with Crippen molar-refractivity contribution in [3.05, 3.63) is 32.6 Å². The van der Waals surface area contributed by atoms with Crippen LogP contribution in [-0.2, 0) is 9.59 Å². The lowest BCUT2D eigenvalue weighted by atomic mass is 10.1. The third kappa shape index (κ3) is 2.59. The lowest BCUT2D eigenvalue weighted by Crippen LogP contribution is -2.24. The van der Waals surface area contributed by atoms with Crippen LogP contribution in [0.2, 0.25) is 0 Å². The summed E-state index contributed by atoms with van der Waals surface area (Å²) < 4.78 is 0. The van der Waals surface area contributed by atoms with E-state index in [1.807, 2.05) is 4.98 Å². The molecule has 5 N–H and O–H groups in total. The van der Waals surface area contributed by atoms with Gasteiger partial charge >= 0.3 is 17.6 Å². The third-order valence-corrected chi connectivity index (χ3v) is 1.69. The van der Waals surface area contributed by atoms with Crippen molar-refractivity contribution < 1.29 is 24.9 Å². The summed E-state index contributed by atoms with van der Waals surface area (Å²) in [6.45, 7) is 0. The van der Waals surface area contributed by atoms with Crippen LogP contribution in [0.4, 0.5) is 0 Å².